The molecule has 0 saturated heterocycles. The van der Waals surface area contributed by atoms with Crippen molar-refractivity contribution in [2.75, 3.05) is 6.54 Å². The van der Waals surface area contributed by atoms with Gasteiger partial charge in [-0.15, -0.1) is 0 Å². The van der Waals surface area contributed by atoms with E-state index in [4.69, 9.17) is 10.5 Å². The maximum absolute atomic E-state index is 6.25. The van der Waals surface area contributed by atoms with Gasteiger partial charge in [0.1, 0.15) is 0 Å². The third-order valence-electron chi connectivity index (χ3n) is 4.11. The Hall–Kier alpha value is -0.380. The lowest BCUT2D eigenvalue weighted by molar-refractivity contribution is -0.0431. The number of ether oxygens (including phenoxy) is 1. The fraction of sp³-hybridized carbons (Fsp3) is 0.625. The third kappa shape index (κ3) is 4.04. The molecular formula is C16H24BrNO. The molecule has 1 unspecified atom stereocenters. The third-order valence-corrected chi connectivity index (χ3v) is 4.83. The fourth-order valence-electron chi connectivity index (χ4n) is 2.73. The quantitative estimate of drug-likeness (QED) is 0.888. The Balaban J connectivity index is 1.99. The molecule has 2 nitrogen and oxygen atoms in total. The van der Waals surface area contributed by atoms with Crippen LogP contribution in [0.3, 0.4) is 0 Å². The standard InChI is InChI=1S/C16H24BrNO/c1-16(2)9-7-12(8-10-16)19-15(11-18)13-5-3-4-6-14(13)17/h3-6,12,15H,7-11,18H2,1-2H3. The predicted molar refractivity (Wildman–Crippen MR) is 83.1 cm³/mol. The topological polar surface area (TPSA) is 35.2 Å². The Morgan fingerprint density at radius 3 is 2.53 bits per heavy atom. The molecule has 106 valence electrons. The lowest BCUT2D eigenvalue weighted by Crippen LogP contribution is -2.29. The first kappa shape index (κ1) is 15.0. The highest BCUT2D eigenvalue weighted by molar-refractivity contribution is 9.10. The Morgan fingerprint density at radius 1 is 1.32 bits per heavy atom. The number of halogens is 1. The van der Waals surface area contributed by atoms with Gasteiger partial charge in [-0.05, 0) is 42.7 Å². The molecule has 1 fully saturated rings. The van der Waals surface area contributed by atoms with Gasteiger partial charge in [-0.1, -0.05) is 48.0 Å². The van der Waals surface area contributed by atoms with Crippen LogP contribution in [0.1, 0.15) is 51.2 Å². The van der Waals surface area contributed by atoms with Crippen LogP contribution in [0.5, 0.6) is 0 Å². The van der Waals surface area contributed by atoms with Crippen molar-refractivity contribution in [1.82, 2.24) is 0 Å². The van der Waals surface area contributed by atoms with Crippen LogP contribution in [-0.4, -0.2) is 12.6 Å². The molecule has 1 aromatic rings. The molecule has 3 heteroatoms. The van der Waals surface area contributed by atoms with Crippen molar-refractivity contribution < 1.29 is 4.74 Å². The van der Waals surface area contributed by atoms with Crippen LogP contribution in [0.4, 0.5) is 0 Å². The Labute approximate surface area is 124 Å². The highest BCUT2D eigenvalue weighted by atomic mass is 79.9. The lowest BCUT2D eigenvalue weighted by atomic mass is 9.76. The second-order valence-corrected chi connectivity index (χ2v) is 7.10. The average Bonchev–Trinajstić information content (AvgIpc) is 2.39. The van der Waals surface area contributed by atoms with E-state index in [-0.39, 0.29) is 6.10 Å². The van der Waals surface area contributed by atoms with Crippen molar-refractivity contribution in [3.05, 3.63) is 34.3 Å². The summed E-state index contributed by atoms with van der Waals surface area (Å²) >= 11 is 3.59. The summed E-state index contributed by atoms with van der Waals surface area (Å²) in [5.74, 6) is 0. The average molecular weight is 326 g/mol. The lowest BCUT2D eigenvalue weighted by Gasteiger charge is -2.36. The number of hydrogen-bond acceptors (Lipinski definition) is 2. The Morgan fingerprint density at radius 2 is 1.95 bits per heavy atom. The van der Waals surface area contributed by atoms with Crippen LogP contribution >= 0.6 is 15.9 Å². The highest BCUT2D eigenvalue weighted by Crippen LogP contribution is 2.38. The SMILES string of the molecule is CC1(C)CCC(OC(CN)c2ccccc2Br)CC1. The molecule has 1 aromatic carbocycles. The van der Waals surface area contributed by atoms with E-state index in [2.05, 4.69) is 35.8 Å². The second-order valence-electron chi connectivity index (χ2n) is 6.25. The van der Waals surface area contributed by atoms with Gasteiger partial charge in [0.25, 0.3) is 0 Å². The summed E-state index contributed by atoms with van der Waals surface area (Å²) in [6.07, 6.45) is 5.13. The maximum atomic E-state index is 6.25. The molecule has 1 atom stereocenters. The smallest absolute Gasteiger partial charge is 0.0961 e. The molecule has 0 bridgehead atoms. The Kier molecular flexibility index (Phi) is 5.04. The maximum Gasteiger partial charge on any atom is 0.0961 e. The van der Waals surface area contributed by atoms with Gasteiger partial charge in [0.05, 0.1) is 12.2 Å². The van der Waals surface area contributed by atoms with E-state index in [0.29, 0.717) is 18.1 Å². The molecule has 0 amide bonds. The zero-order chi connectivity index (χ0) is 13.9. The van der Waals surface area contributed by atoms with Crippen molar-refractivity contribution >= 4 is 15.9 Å². The molecule has 19 heavy (non-hydrogen) atoms. The summed E-state index contributed by atoms with van der Waals surface area (Å²) in [6.45, 7) is 5.22. The minimum atomic E-state index is 0.00165. The van der Waals surface area contributed by atoms with E-state index < -0.39 is 0 Å². The predicted octanol–water partition coefficient (Wildman–Crippen LogP) is 4.43. The largest absolute Gasteiger partial charge is 0.369 e. The summed E-state index contributed by atoms with van der Waals surface area (Å²) in [6, 6.07) is 8.19. The van der Waals surface area contributed by atoms with Crippen LogP contribution in [-0.2, 0) is 4.74 Å². The van der Waals surface area contributed by atoms with E-state index in [1.807, 2.05) is 18.2 Å². The number of hydrogen-bond donors (Lipinski definition) is 1. The summed E-state index contributed by atoms with van der Waals surface area (Å²) in [7, 11) is 0. The molecule has 1 aliphatic carbocycles. The minimum absolute atomic E-state index is 0.00165. The van der Waals surface area contributed by atoms with Gasteiger partial charge in [0.2, 0.25) is 0 Å². The van der Waals surface area contributed by atoms with Crippen molar-refractivity contribution in [2.45, 2.75) is 51.7 Å². The monoisotopic (exact) mass is 325 g/mol. The van der Waals surface area contributed by atoms with Gasteiger partial charge >= 0.3 is 0 Å². The van der Waals surface area contributed by atoms with Crippen LogP contribution in [0.25, 0.3) is 0 Å². The molecule has 1 saturated carbocycles. The summed E-state index contributed by atoms with van der Waals surface area (Å²) in [5, 5.41) is 0. The van der Waals surface area contributed by atoms with Crippen LogP contribution < -0.4 is 5.73 Å². The zero-order valence-electron chi connectivity index (χ0n) is 11.9. The molecule has 0 aliphatic heterocycles. The van der Waals surface area contributed by atoms with E-state index in [9.17, 15) is 0 Å². The summed E-state index contributed by atoms with van der Waals surface area (Å²) < 4.78 is 7.33. The van der Waals surface area contributed by atoms with E-state index in [1.54, 1.807) is 0 Å². The molecule has 0 radical (unpaired) electrons. The first-order chi connectivity index (χ1) is 9.02. The molecule has 2 rings (SSSR count). The van der Waals surface area contributed by atoms with Gasteiger partial charge in [-0.2, -0.15) is 0 Å². The van der Waals surface area contributed by atoms with Crippen molar-refractivity contribution in [3.8, 4) is 0 Å². The van der Waals surface area contributed by atoms with Crippen molar-refractivity contribution in [1.29, 1.82) is 0 Å². The van der Waals surface area contributed by atoms with Crippen LogP contribution in [0, 0.1) is 5.41 Å². The van der Waals surface area contributed by atoms with E-state index >= 15 is 0 Å². The van der Waals surface area contributed by atoms with Crippen LogP contribution in [0.2, 0.25) is 0 Å². The number of nitrogens with two attached hydrogens (primary N) is 1. The molecule has 0 heterocycles. The van der Waals surface area contributed by atoms with E-state index in [1.165, 1.54) is 12.8 Å². The van der Waals surface area contributed by atoms with Gasteiger partial charge in [0, 0.05) is 11.0 Å². The molecule has 2 N–H and O–H groups in total. The second kappa shape index (κ2) is 6.38. The van der Waals surface area contributed by atoms with Gasteiger partial charge in [0.15, 0.2) is 0 Å². The summed E-state index contributed by atoms with van der Waals surface area (Å²) in [4.78, 5) is 0. The first-order valence-corrected chi connectivity index (χ1v) is 7.91. The first-order valence-electron chi connectivity index (χ1n) is 7.12. The zero-order valence-corrected chi connectivity index (χ0v) is 13.4. The van der Waals surface area contributed by atoms with Crippen LogP contribution in [0.15, 0.2) is 28.7 Å². The van der Waals surface area contributed by atoms with Gasteiger partial charge < -0.3 is 10.5 Å². The van der Waals surface area contributed by atoms with Crippen molar-refractivity contribution in [2.24, 2.45) is 11.1 Å². The number of benzene rings is 1. The minimum Gasteiger partial charge on any atom is -0.369 e. The molecule has 0 aromatic heterocycles. The Bertz CT molecular complexity index is 409. The fourth-order valence-corrected chi connectivity index (χ4v) is 3.27. The van der Waals surface area contributed by atoms with Crippen molar-refractivity contribution in [3.63, 3.8) is 0 Å². The van der Waals surface area contributed by atoms with E-state index in [0.717, 1.165) is 22.9 Å². The van der Waals surface area contributed by atoms with Gasteiger partial charge in [-0.3, -0.25) is 0 Å². The normalized spacial score (nSPS) is 21.3. The highest BCUT2D eigenvalue weighted by Gasteiger charge is 2.29. The molecule has 0 spiro atoms. The molecular weight excluding hydrogens is 302 g/mol. The number of rotatable bonds is 4. The van der Waals surface area contributed by atoms with Gasteiger partial charge in [-0.25, -0.2) is 0 Å². The summed E-state index contributed by atoms with van der Waals surface area (Å²) in [5.41, 5.74) is 7.54. The molecule has 1 aliphatic rings.